The maximum atomic E-state index is 12.2. The minimum Gasteiger partial charge on any atom is -0.481 e. The van der Waals surface area contributed by atoms with Crippen molar-refractivity contribution in [1.29, 1.82) is 0 Å². The van der Waals surface area contributed by atoms with E-state index in [1.165, 1.54) is 0 Å². The van der Waals surface area contributed by atoms with Crippen LogP contribution in [0.3, 0.4) is 0 Å². The molecule has 1 N–H and O–H groups in total. The Kier molecular flexibility index (Phi) is 3.81. The van der Waals surface area contributed by atoms with Crippen LogP contribution in [0.15, 0.2) is 0 Å². The van der Waals surface area contributed by atoms with E-state index in [0.29, 0.717) is 13.1 Å². The van der Waals surface area contributed by atoms with Crippen LogP contribution in [0.1, 0.15) is 6.92 Å². The molecule has 2 atom stereocenters. The van der Waals surface area contributed by atoms with Gasteiger partial charge in [0.1, 0.15) is 0 Å². The molecule has 2 saturated heterocycles. The largest absolute Gasteiger partial charge is 0.481 e. The fourth-order valence-corrected chi connectivity index (χ4v) is 3.30. The molecule has 0 aromatic heterocycles. The third-order valence-electron chi connectivity index (χ3n) is 3.48. The van der Waals surface area contributed by atoms with Gasteiger partial charge in [-0.2, -0.15) is 11.8 Å². The number of urea groups is 1. The number of rotatable bonds is 1. The number of thioether (sulfide) groups is 1. The van der Waals surface area contributed by atoms with E-state index >= 15 is 0 Å². The van der Waals surface area contributed by atoms with Crippen molar-refractivity contribution in [3.63, 3.8) is 0 Å². The molecule has 17 heavy (non-hydrogen) atoms. The van der Waals surface area contributed by atoms with E-state index in [1.807, 2.05) is 23.6 Å². The lowest BCUT2D eigenvalue weighted by atomic mass is 9.99. The second kappa shape index (κ2) is 5.16. The van der Waals surface area contributed by atoms with Gasteiger partial charge in [-0.05, 0) is 5.92 Å². The summed E-state index contributed by atoms with van der Waals surface area (Å²) in [5.74, 6) is 0.824. The maximum absolute atomic E-state index is 12.2. The fraction of sp³-hybridized carbons (Fsp3) is 0.818. The smallest absolute Gasteiger partial charge is 0.320 e. The number of hydrogen-bond donors (Lipinski definition) is 1. The lowest BCUT2D eigenvalue weighted by molar-refractivity contribution is -0.142. The van der Waals surface area contributed by atoms with Crippen LogP contribution in [0.2, 0.25) is 0 Å². The van der Waals surface area contributed by atoms with Gasteiger partial charge < -0.3 is 14.9 Å². The molecule has 2 aliphatic heterocycles. The molecule has 0 spiro atoms. The second-order valence-corrected chi connectivity index (χ2v) is 5.93. The molecule has 0 bridgehead atoms. The van der Waals surface area contributed by atoms with E-state index in [2.05, 4.69) is 0 Å². The molecular formula is C11H18N2O3S. The summed E-state index contributed by atoms with van der Waals surface area (Å²) in [5, 5.41) is 9.04. The maximum Gasteiger partial charge on any atom is 0.320 e. The summed E-state index contributed by atoms with van der Waals surface area (Å²) >= 11 is 1.86. The van der Waals surface area contributed by atoms with Gasteiger partial charge in [-0.25, -0.2) is 4.79 Å². The molecule has 0 aliphatic carbocycles. The van der Waals surface area contributed by atoms with Gasteiger partial charge in [-0.3, -0.25) is 4.79 Å². The van der Waals surface area contributed by atoms with Crippen molar-refractivity contribution in [3.05, 3.63) is 0 Å². The first kappa shape index (κ1) is 12.5. The Labute approximate surface area is 105 Å². The highest BCUT2D eigenvalue weighted by molar-refractivity contribution is 7.99. The van der Waals surface area contributed by atoms with E-state index in [9.17, 15) is 9.59 Å². The monoisotopic (exact) mass is 258 g/mol. The highest BCUT2D eigenvalue weighted by atomic mass is 32.2. The lowest BCUT2D eigenvalue weighted by Gasteiger charge is -2.30. The number of amides is 2. The molecule has 2 aliphatic rings. The molecule has 0 radical (unpaired) electrons. The van der Waals surface area contributed by atoms with E-state index in [1.54, 1.807) is 4.90 Å². The first-order chi connectivity index (χ1) is 8.09. The van der Waals surface area contributed by atoms with Crippen LogP contribution in [-0.2, 0) is 4.79 Å². The molecule has 2 heterocycles. The van der Waals surface area contributed by atoms with Crippen molar-refractivity contribution in [2.75, 3.05) is 37.7 Å². The summed E-state index contributed by atoms with van der Waals surface area (Å²) in [4.78, 5) is 26.7. The van der Waals surface area contributed by atoms with Gasteiger partial charge in [-0.15, -0.1) is 0 Å². The molecule has 5 nitrogen and oxygen atoms in total. The Morgan fingerprint density at radius 3 is 2.35 bits per heavy atom. The van der Waals surface area contributed by atoms with Crippen molar-refractivity contribution >= 4 is 23.8 Å². The Hall–Kier alpha value is -0.910. The number of carbonyl (C=O) groups excluding carboxylic acids is 1. The van der Waals surface area contributed by atoms with E-state index in [-0.39, 0.29) is 11.9 Å². The first-order valence-corrected chi connectivity index (χ1v) is 7.09. The Balaban J connectivity index is 1.94. The minimum absolute atomic E-state index is 0.0147. The number of carbonyl (C=O) groups is 2. The summed E-state index contributed by atoms with van der Waals surface area (Å²) < 4.78 is 0. The zero-order valence-electron chi connectivity index (χ0n) is 9.96. The van der Waals surface area contributed by atoms with Gasteiger partial charge in [0.15, 0.2) is 0 Å². The van der Waals surface area contributed by atoms with Crippen LogP contribution in [0.25, 0.3) is 0 Å². The molecule has 6 heteroatoms. The van der Waals surface area contributed by atoms with Gasteiger partial charge in [0.25, 0.3) is 0 Å². The van der Waals surface area contributed by atoms with Crippen molar-refractivity contribution in [2.45, 2.75) is 6.92 Å². The average Bonchev–Trinajstić information content (AvgIpc) is 2.71. The number of aliphatic carboxylic acids is 1. The SMILES string of the molecule is C[C@@H]1CN(C(=O)N2CCSCC2)C[C@H]1C(=O)O. The van der Waals surface area contributed by atoms with Gasteiger partial charge in [-0.1, -0.05) is 6.92 Å². The molecule has 2 fully saturated rings. The van der Waals surface area contributed by atoms with E-state index in [0.717, 1.165) is 24.6 Å². The zero-order valence-corrected chi connectivity index (χ0v) is 10.8. The number of carboxylic acid groups (broad SMARTS) is 1. The molecule has 96 valence electrons. The lowest BCUT2D eigenvalue weighted by Crippen LogP contribution is -2.46. The third-order valence-corrected chi connectivity index (χ3v) is 4.42. The molecule has 0 unspecified atom stereocenters. The molecule has 0 aromatic carbocycles. The standard InChI is InChI=1S/C11H18N2O3S/c1-8-6-13(7-9(8)10(14)15)11(16)12-2-4-17-5-3-12/h8-9H,2-7H2,1H3,(H,14,15)/t8-,9-/m1/s1. The van der Waals surface area contributed by atoms with Crippen LogP contribution in [-0.4, -0.2) is 64.6 Å². The topological polar surface area (TPSA) is 60.9 Å². The number of hydrogen-bond acceptors (Lipinski definition) is 3. The second-order valence-electron chi connectivity index (χ2n) is 4.71. The summed E-state index contributed by atoms with van der Waals surface area (Å²) in [5.41, 5.74) is 0. The average molecular weight is 258 g/mol. The third kappa shape index (κ3) is 2.68. The highest BCUT2D eigenvalue weighted by Gasteiger charge is 2.38. The van der Waals surface area contributed by atoms with Crippen LogP contribution < -0.4 is 0 Å². The van der Waals surface area contributed by atoms with Gasteiger partial charge in [0, 0.05) is 37.7 Å². The Morgan fingerprint density at radius 2 is 1.82 bits per heavy atom. The van der Waals surface area contributed by atoms with Crippen molar-refractivity contribution < 1.29 is 14.7 Å². The summed E-state index contributed by atoms with van der Waals surface area (Å²) in [6.07, 6.45) is 0. The molecule has 2 rings (SSSR count). The van der Waals surface area contributed by atoms with Crippen molar-refractivity contribution in [1.82, 2.24) is 9.80 Å². The van der Waals surface area contributed by atoms with E-state index in [4.69, 9.17) is 5.11 Å². The van der Waals surface area contributed by atoms with Crippen LogP contribution in [0, 0.1) is 11.8 Å². The summed E-state index contributed by atoms with van der Waals surface area (Å²) in [6.45, 7) is 4.40. The normalized spacial score (nSPS) is 29.5. The first-order valence-electron chi connectivity index (χ1n) is 5.94. The van der Waals surface area contributed by atoms with Gasteiger partial charge in [0.2, 0.25) is 0 Å². The molecule has 0 aromatic rings. The van der Waals surface area contributed by atoms with E-state index < -0.39 is 11.9 Å². The Morgan fingerprint density at radius 1 is 1.18 bits per heavy atom. The highest BCUT2D eigenvalue weighted by Crippen LogP contribution is 2.24. The van der Waals surface area contributed by atoms with Crippen LogP contribution in [0.5, 0.6) is 0 Å². The molecule has 0 saturated carbocycles. The summed E-state index contributed by atoms with van der Waals surface area (Å²) in [6, 6.07) is 0.0147. The van der Waals surface area contributed by atoms with Gasteiger partial charge >= 0.3 is 12.0 Å². The minimum atomic E-state index is -0.790. The number of likely N-dealkylation sites (tertiary alicyclic amines) is 1. The predicted molar refractivity (Wildman–Crippen MR) is 66.2 cm³/mol. The van der Waals surface area contributed by atoms with Crippen LogP contribution in [0.4, 0.5) is 4.79 Å². The van der Waals surface area contributed by atoms with Gasteiger partial charge in [0.05, 0.1) is 5.92 Å². The zero-order chi connectivity index (χ0) is 12.4. The summed E-state index contributed by atoms with van der Waals surface area (Å²) in [7, 11) is 0. The molecular weight excluding hydrogens is 240 g/mol. The van der Waals surface area contributed by atoms with Crippen molar-refractivity contribution in [2.24, 2.45) is 11.8 Å². The number of carboxylic acids is 1. The Bertz CT molecular complexity index is 318. The fourth-order valence-electron chi connectivity index (χ4n) is 2.40. The molecule has 2 amide bonds. The predicted octanol–water partition coefficient (Wildman–Crippen LogP) is 0.808. The van der Waals surface area contributed by atoms with Crippen LogP contribution >= 0.6 is 11.8 Å². The quantitative estimate of drug-likeness (QED) is 0.756. The van der Waals surface area contributed by atoms with Crippen molar-refractivity contribution in [3.8, 4) is 0 Å². The number of nitrogens with zero attached hydrogens (tertiary/aromatic N) is 2.